The van der Waals surface area contributed by atoms with Gasteiger partial charge in [0, 0.05) is 5.56 Å². The smallest absolute Gasteiger partial charge is 0.266 e. The van der Waals surface area contributed by atoms with E-state index in [1.807, 2.05) is 0 Å². The zero-order valence-electron chi connectivity index (χ0n) is 16.1. The highest BCUT2D eigenvalue weighted by Crippen LogP contribution is 2.30. The third kappa shape index (κ3) is 4.92. The van der Waals surface area contributed by atoms with Crippen molar-refractivity contribution in [2.24, 2.45) is 0 Å². The predicted octanol–water partition coefficient (Wildman–Crippen LogP) is 5.25. The Balaban J connectivity index is 2.00. The molecule has 0 aliphatic carbocycles. The molecule has 31 heavy (non-hydrogen) atoms. The second-order valence-corrected chi connectivity index (χ2v) is 8.62. The zero-order valence-corrected chi connectivity index (χ0v) is 17.6. The SMILES string of the molecule is C=CCN(c1ccc(F)cc1)S(=O)(=O)c1cc(C(=O)Nc2ccccc2F)ccc1Cl. The quantitative estimate of drug-likeness (QED) is 0.487. The van der Waals surface area contributed by atoms with Crippen LogP contribution in [-0.2, 0) is 10.0 Å². The van der Waals surface area contributed by atoms with Gasteiger partial charge in [-0.1, -0.05) is 29.8 Å². The molecule has 3 rings (SSSR count). The Labute approximate surface area is 183 Å². The first-order chi connectivity index (χ1) is 14.7. The second-order valence-electron chi connectivity index (χ2n) is 6.38. The van der Waals surface area contributed by atoms with E-state index in [1.165, 1.54) is 48.5 Å². The van der Waals surface area contributed by atoms with E-state index in [1.54, 1.807) is 6.07 Å². The monoisotopic (exact) mass is 462 g/mol. The van der Waals surface area contributed by atoms with Gasteiger partial charge < -0.3 is 5.32 Å². The molecule has 160 valence electrons. The minimum atomic E-state index is -4.24. The molecule has 3 aromatic rings. The first kappa shape index (κ1) is 22.5. The average molecular weight is 463 g/mol. The number of anilines is 2. The number of benzene rings is 3. The van der Waals surface area contributed by atoms with Crippen LogP contribution in [0.25, 0.3) is 0 Å². The van der Waals surface area contributed by atoms with E-state index < -0.39 is 27.6 Å². The van der Waals surface area contributed by atoms with Crippen molar-refractivity contribution in [3.05, 3.63) is 102 Å². The van der Waals surface area contributed by atoms with Gasteiger partial charge in [0.05, 0.1) is 22.9 Å². The van der Waals surface area contributed by atoms with Crippen LogP contribution in [0.15, 0.2) is 84.3 Å². The molecule has 0 aromatic heterocycles. The average Bonchev–Trinajstić information content (AvgIpc) is 2.74. The number of carbonyl (C=O) groups excluding carboxylic acids is 1. The van der Waals surface area contributed by atoms with Crippen molar-refractivity contribution in [3.63, 3.8) is 0 Å². The largest absolute Gasteiger partial charge is 0.319 e. The van der Waals surface area contributed by atoms with Crippen LogP contribution in [-0.4, -0.2) is 20.9 Å². The molecule has 0 saturated carbocycles. The summed E-state index contributed by atoms with van der Waals surface area (Å²) in [5, 5.41) is 2.28. The number of carbonyl (C=O) groups is 1. The molecule has 0 atom stereocenters. The predicted molar refractivity (Wildman–Crippen MR) is 117 cm³/mol. The zero-order chi connectivity index (χ0) is 22.6. The molecule has 0 bridgehead atoms. The number of hydrogen-bond donors (Lipinski definition) is 1. The first-order valence-electron chi connectivity index (χ1n) is 8.98. The maximum atomic E-state index is 13.8. The summed E-state index contributed by atoms with van der Waals surface area (Å²) >= 11 is 6.14. The molecule has 5 nitrogen and oxygen atoms in total. The summed E-state index contributed by atoms with van der Waals surface area (Å²) in [5.41, 5.74) is 0.105. The highest BCUT2D eigenvalue weighted by molar-refractivity contribution is 7.93. The Hall–Kier alpha value is -3.23. The Bertz CT molecular complexity index is 1230. The van der Waals surface area contributed by atoms with Crippen LogP contribution >= 0.6 is 11.6 Å². The van der Waals surface area contributed by atoms with Crippen molar-refractivity contribution in [1.29, 1.82) is 0 Å². The van der Waals surface area contributed by atoms with Gasteiger partial charge in [0.25, 0.3) is 15.9 Å². The standard InChI is InChI=1S/C22H17ClF2N2O3S/c1-2-13-27(17-10-8-16(24)9-11-17)31(29,30)21-14-15(7-12-18(21)23)22(28)26-20-6-4-3-5-19(20)25/h2-12,14H,1,13H2,(H,26,28). The lowest BCUT2D eigenvalue weighted by atomic mass is 10.2. The Morgan fingerprint density at radius 1 is 1.06 bits per heavy atom. The Kier molecular flexibility index (Phi) is 6.72. The molecule has 0 saturated heterocycles. The molecule has 9 heteroatoms. The van der Waals surface area contributed by atoms with Crippen LogP contribution in [0.1, 0.15) is 10.4 Å². The summed E-state index contributed by atoms with van der Waals surface area (Å²) in [4.78, 5) is 12.2. The lowest BCUT2D eigenvalue weighted by molar-refractivity contribution is 0.102. The van der Waals surface area contributed by atoms with Crippen LogP contribution in [0.4, 0.5) is 20.2 Å². The van der Waals surface area contributed by atoms with Gasteiger partial charge in [-0.3, -0.25) is 9.10 Å². The van der Waals surface area contributed by atoms with Crippen LogP contribution < -0.4 is 9.62 Å². The minimum absolute atomic E-state index is 0.0381. The van der Waals surface area contributed by atoms with Crippen molar-refractivity contribution < 1.29 is 22.0 Å². The summed E-state index contributed by atoms with van der Waals surface area (Å²) in [6.07, 6.45) is 1.36. The van der Waals surface area contributed by atoms with Gasteiger partial charge in [0.1, 0.15) is 16.5 Å². The summed E-state index contributed by atoms with van der Waals surface area (Å²) in [5.74, 6) is -1.87. The summed E-state index contributed by atoms with van der Waals surface area (Å²) in [6, 6.07) is 14.1. The molecule has 0 radical (unpaired) electrons. The molecule has 1 amide bonds. The van der Waals surface area contributed by atoms with E-state index in [-0.39, 0.29) is 33.4 Å². The number of halogens is 3. The number of para-hydroxylation sites is 1. The fraction of sp³-hybridized carbons (Fsp3) is 0.0455. The fourth-order valence-corrected chi connectivity index (χ4v) is 4.72. The van der Waals surface area contributed by atoms with Gasteiger partial charge in [-0.25, -0.2) is 17.2 Å². The van der Waals surface area contributed by atoms with Gasteiger partial charge in [-0.05, 0) is 54.6 Å². The normalized spacial score (nSPS) is 11.1. The molecule has 0 fully saturated rings. The van der Waals surface area contributed by atoms with E-state index in [0.29, 0.717) is 0 Å². The number of nitrogens with one attached hydrogen (secondary N) is 1. The van der Waals surface area contributed by atoms with Crippen molar-refractivity contribution in [3.8, 4) is 0 Å². The topological polar surface area (TPSA) is 66.5 Å². The lowest BCUT2D eigenvalue weighted by Crippen LogP contribution is -2.31. The van der Waals surface area contributed by atoms with Gasteiger partial charge in [0.15, 0.2) is 0 Å². The first-order valence-corrected chi connectivity index (χ1v) is 10.8. The molecule has 0 aliphatic rings. The van der Waals surface area contributed by atoms with Crippen LogP contribution in [0.3, 0.4) is 0 Å². The van der Waals surface area contributed by atoms with Crippen LogP contribution in [0.2, 0.25) is 5.02 Å². The molecule has 0 aliphatic heterocycles. The number of amides is 1. The highest BCUT2D eigenvalue weighted by atomic mass is 35.5. The second kappa shape index (κ2) is 9.28. The van der Waals surface area contributed by atoms with Gasteiger partial charge in [-0.15, -0.1) is 6.58 Å². The molecule has 0 unspecified atom stereocenters. The van der Waals surface area contributed by atoms with E-state index >= 15 is 0 Å². The molecule has 0 heterocycles. The fourth-order valence-electron chi connectivity index (χ4n) is 2.78. The lowest BCUT2D eigenvalue weighted by Gasteiger charge is -2.24. The molecular weight excluding hydrogens is 446 g/mol. The molecule has 0 spiro atoms. The number of sulfonamides is 1. The van der Waals surface area contributed by atoms with E-state index in [4.69, 9.17) is 11.6 Å². The van der Waals surface area contributed by atoms with Crippen LogP contribution in [0, 0.1) is 11.6 Å². The van der Waals surface area contributed by atoms with Crippen molar-refractivity contribution in [2.75, 3.05) is 16.2 Å². The Morgan fingerprint density at radius 3 is 2.39 bits per heavy atom. The number of rotatable bonds is 7. The van der Waals surface area contributed by atoms with Gasteiger partial charge >= 0.3 is 0 Å². The summed E-state index contributed by atoms with van der Waals surface area (Å²) < 4.78 is 54.8. The highest BCUT2D eigenvalue weighted by Gasteiger charge is 2.27. The minimum Gasteiger partial charge on any atom is -0.319 e. The van der Waals surface area contributed by atoms with E-state index in [2.05, 4.69) is 11.9 Å². The van der Waals surface area contributed by atoms with Crippen LogP contribution in [0.5, 0.6) is 0 Å². The van der Waals surface area contributed by atoms with Gasteiger partial charge in [0.2, 0.25) is 0 Å². The number of nitrogens with zero attached hydrogens (tertiary/aromatic N) is 1. The molecular formula is C22H17ClF2N2O3S. The van der Waals surface area contributed by atoms with Gasteiger partial charge in [-0.2, -0.15) is 0 Å². The van der Waals surface area contributed by atoms with Crippen molar-refractivity contribution in [2.45, 2.75) is 4.90 Å². The van der Waals surface area contributed by atoms with E-state index in [9.17, 15) is 22.0 Å². The maximum absolute atomic E-state index is 13.8. The molecule has 3 aromatic carbocycles. The third-order valence-corrected chi connectivity index (χ3v) is 6.57. The van der Waals surface area contributed by atoms with E-state index in [0.717, 1.165) is 22.5 Å². The maximum Gasteiger partial charge on any atom is 0.266 e. The third-order valence-electron chi connectivity index (χ3n) is 4.29. The summed E-state index contributed by atoms with van der Waals surface area (Å²) in [7, 11) is -4.24. The van der Waals surface area contributed by atoms with Crippen molar-refractivity contribution >= 4 is 38.9 Å². The van der Waals surface area contributed by atoms with Crippen molar-refractivity contribution in [1.82, 2.24) is 0 Å². The molecule has 1 N–H and O–H groups in total. The Morgan fingerprint density at radius 2 is 1.74 bits per heavy atom. The number of hydrogen-bond acceptors (Lipinski definition) is 3. The summed E-state index contributed by atoms with van der Waals surface area (Å²) in [6.45, 7) is 3.45.